The maximum Gasteiger partial charge on any atom is 0.253 e. The van der Waals surface area contributed by atoms with Crippen molar-refractivity contribution in [1.29, 1.82) is 0 Å². The highest BCUT2D eigenvalue weighted by molar-refractivity contribution is 7.80. The van der Waals surface area contributed by atoms with Gasteiger partial charge < -0.3 is 15.2 Å². The number of aromatic amines is 1. The van der Waals surface area contributed by atoms with E-state index in [9.17, 15) is 4.79 Å². The molecule has 6 heteroatoms. The van der Waals surface area contributed by atoms with Crippen molar-refractivity contribution in [3.8, 4) is 0 Å². The number of hydrogen-bond donors (Lipinski definition) is 2. The summed E-state index contributed by atoms with van der Waals surface area (Å²) in [6.45, 7) is 7.30. The number of para-hydroxylation sites is 1. The second-order valence-electron chi connectivity index (χ2n) is 8.05. The van der Waals surface area contributed by atoms with Gasteiger partial charge in [-0.05, 0) is 78.6 Å². The van der Waals surface area contributed by atoms with Gasteiger partial charge in [-0.3, -0.25) is 4.79 Å². The van der Waals surface area contributed by atoms with Crippen molar-refractivity contribution in [2.75, 3.05) is 5.32 Å². The Hall–Kier alpha value is -2.96. The summed E-state index contributed by atoms with van der Waals surface area (Å²) in [5, 5.41) is 7.13. The lowest BCUT2D eigenvalue weighted by Gasteiger charge is -2.26. The van der Waals surface area contributed by atoms with E-state index in [1.807, 2.05) is 37.3 Å². The van der Waals surface area contributed by atoms with Crippen LogP contribution < -0.4 is 10.9 Å². The predicted octanol–water partition coefficient (Wildman–Crippen LogP) is 6.17. The molecule has 0 aliphatic rings. The van der Waals surface area contributed by atoms with E-state index in [-0.39, 0.29) is 5.56 Å². The quantitative estimate of drug-likeness (QED) is 0.337. The summed E-state index contributed by atoms with van der Waals surface area (Å²) in [5.74, 6) is 0. The topological polar surface area (TPSA) is 48.1 Å². The Bertz CT molecular complexity index is 1310. The van der Waals surface area contributed by atoms with E-state index in [4.69, 9.17) is 12.2 Å². The molecule has 32 heavy (non-hydrogen) atoms. The van der Waals surface area contributed by atoms with Gasteiger partial charge in [-0.15, -0.1) is 11.3 Å². The summed E-state index contributed by atoms with van der Waals surface area (Å²) in [5.41, 5.74) is 6.00. The molecule has 0 unspecified atom stereocenters. The average Bonchev–Trinajstić information content (AvgIpc) is 3.28. The highest BCUT2D eigenvalue weighted by atomic mass is 32.1. The normalized spacial score (nSPS) is 11.0. The van der Waals surface area contributed by atoms with Crippen LogP contribution in [0.15, 0.2) is 64.8 Å². The Morgan fingerprint density at radius 2 is 1.88 bits per heavy atom. The number of pyridine rings is 1. The van der Waals surface area contributed by atoms with Crippen LogP contribution in [-0.4, -0.2) is 15.0 Å². The van der Waals surface area contributed by atoms with Crippen molar-refractivity contribution in [2.45, 2.75) is 40.3 Å². The molecule has 0 spiro atoms. The van der Waals surface area contributed by atoms with Crippen molar-refractivity contribution < 1.29 is 0 Å². The third-order valence-electron chi connectivity index (χ3n) is 5.59. The van der Waals surface area contributed by atoms with Crippen LogP contribution in [0.4, 0.5) is 5.69 Å². The van der Waals surface area contributed by atoms with Gasteiger partial charge in [0.25, 0.3) is 5.56 Å². The Morgan fingerprint density at radius 3 is 2.62 bits per heavy atom. The lowest BCUT2D eigenvalue weighted by Crippen LogP contribution is -2.35. The third-order valence-corrected chi connectivity index (χ3v) is 6.81. The number of nitrogens with one attached hydrogen (secondary N) is 2. The Balaban J connectivity index is 1.67. The van der Waals surface area contributed by atoms with Crippen LogP contribution in [0, 0.1) is 13.8 Å². The summed E-state index contributed by atoms with van der Waals surface area (Å²) in [6, 6.07) is 18.5. The lowest BCUT2D eigenvalue weighted by molar-refractivity contribution is 0.415. The molecule has 4 nitrogen and oxygen atoms in total. The molecule has 164 valence electrons. The number of thiocarbonyl (C=S) groups is 1. The summed E-state index contributed by atoms with van der Waals surface area (Å²) < 4.78 is 0. The molecule has 0 bridgehead atoms. The van der Waals surface area contributed by atoms with Crippen LogP contribution in [-0.2, 0) is 19.5 Å². The Kier molecular flexibility index (Phi) is 6.72. The number of aryl methyl sites for hydroxylation is 3. The van der Waals surface area contributed by atoms with Crippen molar-refractivity contribution in [3.05, 3.63) is 97.5 Å². The van der Waals surface area contributed by atoms with Crippen molar-refractivity contribution in [1.82, 2.24) is 9.88 Å². The fourth-order valence-electron chi connectivity index (χ4n) is 3.99. The minimum absolute atomic E-state index is 0.0719. The van der Waals surface area contributed by atoms with Gasteiger partial charge >= 0.3 is 0 Å². The van der Waals surface area contributed by atoms with E-state index in [0.717, 1.165) is 28.6 Å². The molecule has 4 rings (SSSR count). The summed E-state index contributed by atoms with van der Waals surface area (Å²) in [4.78, 5) is 19.3. The fraction of sp³-hybridized carbons (Fsp3) is 0.231. The minimum atomic E-state index is -0.0719. The molecule has 0 fully saturated rings. The van der Waals surface area contributed by atoms with Gasteiger partial charge in [0.1, 0.15) is 0 Å². The second kappa shape index (κ2) is 9.67. The number of rotatable bonds is 6. The first-order valence-electron chi connectivity index (χ1n) is 10.7. The van der Waals surface area contributed by atoms with Gasteiger partial charge in [0.2, 0.25) is 0 Å². The van der Waals surface area contributed by atoms with Gasteiger partial charge in [0.15, 0.2) is 5.11 Å². The molecule has 0 amide bonds. The molecule has 0 saturated carbocycles. The zero-order valence-corrected chi connectivity index (χ0v) is 20.2. The van der Waals surface area contributed by atoms with Crippen LogP contribution in [0.2, 0.25) is 0 Å². The highest BCUT2D eigenvalue weighted by Crippen LogP contribution is 2.21. The zero-order valence-electron chi connectivity index (χ0n) is 18.6. The largest absolute Gasteiger partial charge is 0.339 e. The smallest absolute Gasteiger partial charge is 0.253 e. The van der Waals surface area contributed by atoms with Crippen LogP contribution in [0.1, 0.15) is 34.1 Å². The van der Waals surface area contributed by atoms with E-state index in [1.54, 1.807) is 11.3 Å². The van der Waals surface area contributed by atoms with Crippen LogP contribution in [0.5, 0.6) is 0 Å². The van der Waals surface area contributed by atoms with Gasteiger partial charge in [0, 0.05) is 16.1 Å². The summed E-state index contributed by atoms with van der Waals surface area (Å²) in [7, 11) is 0. The first kappa shape index (κ1) is 22.2. The molecule has 0 aliphatic heterocycles. The summed E-state index contributed by atoms with van der Waals surface area (Å²) in [6.07, 6.45) is 0.916. The van der Waals surface area contributed by atoms with Crippen molar-refractivity contribution >= 4 is 45.3 Å². The van der Waals surface area contributed by atoms with Crippen LogP contribution in [0.3, 0.4) is 0 Å². The first-order chi connectivity index (χ1) is 15.4. The number of thiophene rings is 1. The summed E-state index contributed by atoms with van der Waals surface area (Å²) >= 11 is 7.51. The third kappa shape index (κ3) is 4.92. The van der Waals surface area contributed by atoms with E-state index < -0.39 is 0 Å². The predicted molar refractivity (Wildman–Crippen MR) is 140 cm³/mol. The molecule has 2 heterocycles. The van der Waals surface area contributed by atoms with E-state index in [2.05, 4.69) is 58.7 Å². The fourth-order valence-corrected chi connectivity index (χ4v) is 4.95. The van der Waals surface area contributed by atoms with E-state index >= 15 is 0 Å². The monoisotopic (exact) mass is 461 g/mol. The maximum atomic E-state index is 12.9. The second-order valence-corrected chi connectivity index (χ2v) is 9.46. The molecule has 0 aliphatic carbocycles. The maximum absolute atomic E-state index is 12.9. The van der Waals surface area contributed by atoms with Gasteiger partial charge in [0.05, 0.1) is 18.6 Å². The van der Waals surface area contributed by atoms with Gasteiger partial charge in [-0.2, -0.15) is 0 Å². The van der Waals surface area contributed by atoms with Crippen molar-refractivity contribution in [3.63, 3.8) is 0 Å². The molecular weight excluding hydrogens is 434 g/mol. The Labute approximate surface area is 197 Å². The van der Waals surface area contributed by atoms with Crippen molar-refractivity contribution in [2.24, 2.45) is 0 Å². The molecule has 2 N–H and O–H groups in total. The standard InChI is InChI=1S/C26H27N3OS2/c1-4-19-8-5-6-10-23(19)27-26(31)29(16-22-9-7-11-32-22)15-21-14-20-13-17(2)12-18(3)24(20)28-25(21)30/h5-14H,4,15-16H2,1-3H3,(H,27,31)(H,28,30). The number of aromatic nitrogens is 1. The number of anilines is 1. The first-order valence-corrected chi connectivity index (χ1v) is 12.0. The average molecular weight is 462 g/mol. The number of H-pyrrole nitrogens is 1. The molecule has 0 atom stereocenters. The van der Waals surface area contributed by atoms with Gasteiger partial charge in [-0.1, -0.05) is 42.8 Å². The molecule has 2 aromatic carbocycles. The van der Waals surface area contributed by atoms with Crippen LogP contribution >= 0.6 is 23.6 Å². The zero-order chi connectivity index (χ0) is 22.7. The van der Waals surface area contributed by atoms with E-state index in [1.165, 1.54) is 16.0 Å². The SMILES string of the molecule is CCc1ccccc1NC(=S)N(Cc1cccs1)Cc1cc2cc(C)cc(C)c2[nH]c1=O. The van der Waals surface area contributed by atoms with Gasteiger partial charge in [-0.25, -0.2) is 0 Å². The minimum Gasteiger partial charge on any atom is -0.339 e. The molecular formula is C26H27N3OS2. The van der Waals surface area contributed by atoms with Crippen LogP contribution in [0.25, 0.3) is 10.9 Å². The molecule has 2 aromatic heterocycles. The number of benzene rings is 2. The molecule has 0 saturated heterocycles. The number of hydrogen-bond acceptors (Lipinski definition) is 3. The highest BCUT2D eigenvalue weighted by Gasteiger charge is 2.16. The Morgan fingerprint density at radius 1 is 1.06 bits per heavy atom. The molecule has 0 radical (unpaired) electrons. The number of fused-ring (bicyclic) bond motifs is 1. The molecule has 4 aromatic rings. The van der Waals surface area contributed by atoms with E-state index in [0.29, 0.717) is 23.8 Å². The number of nitrogens with zero attached hydrogens (tertiary/aromatic N) is 1. The lowest BCUT2D eigenvalue weighted by atomic mass is 10.1.